The number of nitrogens with zero attached hydrogens (tertiary/aromatic N) is 4. The molecule has 0 atom stereocenters. The van der Waals surface area contributed by atoms with Crippen molar-refractivity contribution in [1.82, 2.24) is 19.7 Å². The largest absolute Gasteiger partial charge is 0.478 e. The van der Waals surface area contributed by atoms with Crippen LogP contribution in [0.25, 0.3) is 6.08 Å². The number of rotatable bonds is 4. The number of hydrogen-bond donors (Lipinski definition) is 1. The zero-order valence-electron chi connectivity index (χ0n) is 10.8. The van der Waals surface area contributed by atoms with Gasteiger partial charge in [-0.15, -0.1) is 21.5 Å². The minimum absolute atomic E-state index is 0.804. The highest BCUT2D eigenvalue weighted by atomic mass is 32.1. The second-order valence-electron chi connectivity index (χ2n) is 4.67. The molecule has 0 unspecified atom stereocenters. The number of carboxylic acids is 1. The molecule has 0 radical (unpaired) electrons. The van der Waals surface area contributed by atoms with E-state index in [1.807, 2.05) is 11.4 Å². The SMILES string of the molecule is O=C(O)C=Cc1csc(CN2CCn3cnnc3C2)c1. The maximum Gasteiger partial charge on any atom is 0.328 e. The third-order valence-corrected chi connectivity index (χ3v) is 4.13. The Balaban J connectivity index is 1.63. The summed E-state index contributed by atoms with van der Waals surface area (Å²) in [5.74, 6) is 0.0759. The molecule has 0 bridgehead atoms. The number of aromatic nitrogens is 3. The molecular weight excluding hydrogens is 276 g/mol. The van der Waals surface area contributed by atoms with E-state index in [2.05, 4.69) is 19.7 Å². The summed E-state index contributed by atoms with van der Waals surface area (Å²) in [6.07, 6.45) is 4.55. The minimum Gasteiger partial charge on any atom is -0.478 e. The number of carboxylic acid groups (broad SMARTS) is 1. The van der Waals surface area contributed by atoms with Crippen LogP contribution in [0.4, 0.5) is 0 Å². The van der Waals surface area contributed by atoms with Gasteiger partial charge in [-0.1, -0.05) is 0 Å². The fraction of sp³-hybridized carbons (Fsp3) is 0.308. The van der Waals surface area contributed by atoms with E-state index in [1.165, 1.54) is 4.88 Å². The average Bonchev–Trinajstić information content (AvgIpc) is 3.04. The van der Waals surface area contributed by atoms with E-state index in [4.69, 9.17) is 5.11 Å². The number of thiophene rings is 1. The summed E-state index contributed by atoms with van der Waals surface area (Å²) in [5.41, 5.74) is 0.938. The molecule has 0 saturated carbocycles. The topological polar surface area (TPSA) is 71.2 Å². The lowest BCUT2D eigenvalue weighted by Crippen LogP contribution is -2.32. The average molecular weight is 290 g/mol. The number of hydrogen-bond acceptors (Lipinski definition) is 5. The molecule has 3 heterocycles. The van der Waals surface area contributed by atoms with Crippen LogP contribution in [0.1, 0.15) is 16.3 Å². The third-order valence-electron chi connectivity index (χ3n) is 3.19. The quantitative estimate of drug-likeness (QED) is 0.863. The van der Waals surface area contributed by atoms with Crippen molar-refractivity contribution in [3.63, 3.8) is 0 Å². The molecular formula is C13H14N4O2S. The highest BCUT2D eigenvalue weighted by molar-refractivity contribution is 7.10. The summed E-state index contributed by atoms with van der Waals surface area (Å²) < 4.78 is 2.08. The highest BCUT2D eigenvalue weighted by Crippen LogP contribution is 2.20. The lowest BCUT2D eigenvalue weighted by Gasteiger charge is -2.26. The summed E-state index contributed by atoms with van der Waals surface area (Å²) in [5, 5.41) is 18.6. The molecule has 104 valence electrons. The predicted molar refractivity (Wildman–Crippen MR) is 75.1 cm³/mol. The minimum atomic E-state index is -0.923. The van der Waals surface area contributed by atoms with Crippen molar-refractivity contribution in [2.45, 2.75) is 19.6 Å². The van der Waals surface area contributed by atoms with Crippen LogP contribution in [0, 0.1) is 0 Å². The lowest BCUT2D eigenvalue weighted by molar-refractivity contribution is -0.131. The van der Waals surface area contributed by atoms with Crippen LogP contribution in [0.3, 0.4) is 0 Å². The van der Waals surface area contributed by atoms with Crippen LogP contribution in [0.2, 0.25) is 0 Å². The molecule has 1 N–H and O–H groups in total. The van der Waals surface area contributed by atoms with Gasteiger partial charge in [0.1, 0.15) is 12.2 Å². The molecule has 0 aromatic carbocycles. The number of fused-ring (bicyclic) bond motifs is 1. The lowest BCUT2D eigenvalue weighted by atomic mass is 10.2. The Morgan fingerprint density at radius 3 is 3.25 bits per heavy atom. The smallest absolute Gasteiger partial charge is 0.328 e. The summed E-state index contributed by atoms with van der Waals surface area (Å²) >= 11 is 1.65. The fourth-order valence-corrected chi connectivity index (χ4v) is 3.10. The van der Waals surface area contributed by atoms with Crippen molar-refractivity contribution >= 4 is 23.4 Å². The van der Waals surface area contributed by atoms with Gasteiger partial charge in [0.2, 0.25) is 0 Å². The third kappa shape index (κ3) is 2.94. The Kier molecular flexibility index (Phi) is 3.62. The molecule has 2 aromatic heterocycles. The summed E-state index contributed by atoms with van der Waals surface area (Å²) in [6.45, 7) is 3.55. The van der Waals surface area contributed by atoms with Crippen molar-refractivity contribution < 1.29 is 9.90 Å². The predicted octanol–water partition coefficient (Wildman–Crippen LogP) is 1.45. The van der Waals surface area contributed by atoms with Crippen molar-refractivity contribution in [2.75, 3.05) is 6.54 Å². The Bertz CT molecular complexity index is 646. The monoisotopic (exact) mass is 290 g/mol. The van der Waals surface area contributed by atoms with Gasteiger partial charge in [-0.2, -0.15) is 0 Å². The first-order valence-electron chi connectivity index (χ1n) is 6.28. The van der Waals surface area contributed by atoms with Gasteiger partial charge in [0.25, 0.3) is 0 Å². The molecule has 1 aliphatic heterocycles. The Morgan fingerprint density at radius 1 is 1.50 bits per heavy atom. The number of carbonyl (C=O) groups is 1. The standard InChI is InChI=1S/C13H14N4O2S/c18-13(19)2-1-10-5-11(20-8-10)6-16-3-4-17-9-14-15-12(17)7-16/h1-2,5,8-9H,3-4,6-7H2,(H,18,19). The van der Waals surface area contributed by atoms with Crippen LogP contribution < -0.4 is 0 Å². The van der Waals surface area contributed by atoms with Gasteiger partial charge in [-0.3, -0.25) is 4.90 Å². The van der Waals surface area contributed by atoms with E-state index in [9.17, 15) is 4.79 Å². The van der Waals surface area contributed by atoms with E-state index in [-0.39, 0.29) is 0 Å². The van der Waals surface area contributed by atoms with Crippen LogP contribution in [0.5, 0.6) is 0 Å². The Hall–Kier alpha value is -1.99. The summed E-state index contributed by atoms with van der Waals surface area (Å²) in [6, 6.07) is 2.03. The molecule has 1 aliphatic rings. The van der Waals surface area contributed by atoms with Gasteiger partial charge < -0.3 is 9.67 Å². The van der Waals surface area contributed by atoms with E-state index in [0.717, 1.165) is 43.6 Å². The van der Waals surface area contributed by atoms with Crippen molar-refractivity contribution in [2.24, 2.45) is 0 Å². The number of aliphatic carboxylic acids is 1. The van der Waals surface area contributed by atoms with Crippen LogP contribution in [-0.4, -0.2) is 37.3 Å². The van der Waals surface area contributed by atoms with Crippen molar-refractivity contribution in [3.8, 4) is 0 Å². The van der Waals surface area contributed by atoms with Gasteiger partial charge in [-0.25, -0.2) is 4.79 Å². The van der Waals surface area contributed by atoms with E-state index < -0.39 is 5.97 Å². The normalized spacial score (nSPS) is 15.6. The molecule has 3 rings (SSSR count). The molecule has 0 saturated heterocycles. The van der Waals surface area contributed by atoms with E-state index >= 15 is 0 Å². The van der Waals surface area contributed by atoms with Gasteiger partial charge in [0, 0.05) is 30.6 Å². The second kappa shape index (κ2) is 5.56. The molecule has 0 aliphatic carbocycles. The fourth-order valence-electron chi connectivity index (χ4n) is 2.21. The zero-order chi connectivity index (χ0) is 13.9. The molecule has 20 heavy (non-hydrogen) atoms. The first-order valence-corrected chi connectivity index (χ1v) is 7.16. The molecule has 0 spiro atoms. The van der Waals surface area contributed by atoms with Crippen LogP contribution in [-0.2, 0) is 24.4 Å². The molecule has 7 heteroatoms. The molecule has 0 fully saturated rings. The van der Waals surface area contributed by atoms with Gasteiger partial charge >= 0.3 is 5.97 Å². The van der Waals surface area contributed by atoms with Crippen molar-refractivity contribution in [1.29, 1.82) is 0 Å². The first-order chi connectivity index (χ1) is 9.70. The van der Waals surface area contributed by atoms with Gasteiger partial charge in [-0.05, 0) is 23.1 Å². The van der Waals surface area contributed by atoms with E-state index in [1.54, 1.807) is 23.7 Å². The van der Waals surface area contributed by atoms with Gasteiger partial charge in [0.05, 0.1) is 6.54 Å². The molecule has 0 amide bonds. The van der Waals surface area contributed by atoms with Gasteiger partial charge in [0.15, 0.2) is 0 Å². The second-order valence-corrected chi connectivity index (χ2v) is 5.66. The Labute approximate surface area is 120 Å². The van der Waals surface area contributed by atoms with Crippen LogP contribution in [0.15, 0.2) is 23.8 Å². The molecule has 2 aromatic rings. The maximum absolute atomic E-state index is 10.5. The summed E-state index contributed by atoms with van der Waals surface area (Å²) in [4.78, 5) is 14.0. The Morgan fingerprint density at radius 2 is 2.40 bits per heavy atom. The van der Waals surface area contributed by atoms with Crippen molar-refractivity contribution in [3.05, 3.63) is 40.1 Å². The maximum atomic E-state index is 10.5. The highest BCUT2D eigenvalue weighted by Gasteiger charge is 2.17. The zero-order valence-corrected chi connectivity index (χ0v) is 11.6. The molecule has 6 nitrogen and oxygen atoms in total. The van der Waals surface area contributed by atoms with E-state index in [0.29, 0.717) is 0 Å². The summed E-state index contributed by atoms with van der Waals surface area (Å²) in [7, 11) is 0. The first kappa shape index (κ1) is 13.0. The van der Waals surface area contributed by atoms with Crippen LogP contribution >= 0.6 is 11.3 Å².